The van der Waals surface area contributed by atoms with Crippen molar-refractivity contribution in [2.45, 2.75) is 63.9 Å². The topological polar surface area (TPSA) is 35.0 Å². The van der Waals surface area contributed by atoms with Crippen molar-refractivity contribution in [2.24, 2.45) is 5.92 Å². The second kappa shape index (κ2) is 6.40. The van der Waals surface area contributed by atoms with Crippen LogP contribution < -0.4 is 0 Å². The highest BCUT2D eigenvalue weighted by molar-refractivity contribution is 6.29. The number of nitrogens with zero attached hydrogens (tertiary/aromatic N) is 2. The van der Waals surface area contributed by atoms with Crippen LogP contribution in [0, 0.1) is 5.92 Å². The minimum atomic E-state index is 0.0245. The van der Waals surface area contributed by atoms with Crippen LogP contribution in [0.25, 0.3) is 0 Å². The van der Waals surface area contributed by atoms with Gasteiger partial charge in [-0.1, -0.05) is 30.9 Å². The Hall–Kier alpha value is -0.670. The molecule has 2 aliphatic rings. The van der Waals surface area contributed by atoms with Crippen molar-refractivity contribution in [3.63, 3.8) is 0 Å². The van der Waals surface area contributed by atoms with Crippen molar-refractivity contribution in [1.82, 2.24) is 9.97 Å². The first-order chi connectivity index (χ1) is 9.78. The smallest absolute Gasteiger partial charge is 0.159 e. The second-order valence-electron chi connectivity index (χ2n) is 6.02. The highest BCUT2D eigenvalue weighted by atomic mass is 35.5. The molecule has 1 unspecified atom stereocenters. The van der Waals surface area contributed by atoms with Crippen LogP contribution in [0.2, 0.25) is 5.15 Å². The molecule has 1 aromatic heterocycles. The van der Waals surface area contributed by atoms with E-state index in [-0.39, 0.29) is 6.10 Å². The summed E-state index contributed by atoms with van der Waals surface area (Å²) in [7, 11) is 0. The van der Waals surface area contributed by atoms with Gasteiger partial charge in [-0.15, -0.1) is 0 Å². The Balaban J connectivity index is 1.85. The van der Waals surface area contributed by atoms with Crippen molar-refractivity contribution in [1.29, 1.82) is 0 Å². The SMILES string of the molecule is CCOC(c1nc(Cl)cc(C2CC2)n1)C1CCCCC1. The molecule has 0 aliphatic heterocycles. The summed E-state index contributed by atoms with van der Waals surface area (Å²) in [5.74, 6) is 1.96. The third kappa shape index (κ3) is 3.32. The van der Waals surface area contributed by atoms with Crippen LogP contribution in [0.4, 0.5) is 0 Å². The quantitative estimate of drug-likeness (QED) is 0.741. The Morgan fingerprint density at radius 3 is 2.60 bits per heavy atom. The largest absolute Gasteiger partial charge is 0.370 e. The molecule has 0 saturated heterocycles. The molecule has 4 heteroatoms. The van der Waals surface area contributed by atoms with Gasteiger partial charge in [0.1, 0.15) is 11.3 Å². The van der Waals surface area contributed by atoms with E-state index < -0.39 is 0 Å². The van der Waals surface area contributed by atoms with Crippen molar-refractivity contribution in [3.05, 3.63) is 22.7 Å². The van der Waals surface area contributed by atoms with Crippen molar-refractivity contribution < 1.29 is 4.74 Å². The fraction of sp³-hybridized carbons (Fsp3) is 0.750. The summed E-state index contributed by atoms with van der Waals surface area (Å²) >= 11 is 6.20. The third-order valence-electron chi connectivity index (χ3n) is 4.41. The van der Waals surface area contributed by atoms with Gasteiger partial charge in [-0.25, -0.2) is 9.97 Å². The molecule has 0 aromatic carbocycles. The molecule has 2 aliphatic carbocycles. The summed E-state index contributed by atoms with van der Waals surface area (Å²) in [4.78, 5) is 9.24. The summed E-state index contributed by atoms with van der Waals surface area (Å²) in [5.41, 5.74) is 1.11. The molecule has 1 atom stereocenters. The lowest BCUT2D eigenvalue weighted by Crippen LogP contribution is -2.21. The van der Waals surface area contributed by atoms with Crippen LogP contribution in [0.3, 0.4) is 0 Å². The van der Waals surface area contributed by atoms with Gasteiger partial charge < -0.3 is 4.74 Å². The van der Waals surface area contributed by atoms with E-state index in [2.05, 4.69) is 4.98 Å². The van der Waals surface area contributed by atoms with E-state index in [0.717, 1.165) is 11.5 Å². The molecule has 0 radical (unpaired) electrons. The Bertz CT molecular complexity index is 456. The van der Waals surface area contributed by atoms with Crippen LogP contribution in [-0.2, 0) is 4.74 Å². The van der Waals surface area contributed by atoms with Crippen LogP contribution >= 0.6 is 11.6 Å². The fourth-order valence-electron chi connectivity index (χ4n) is 3.21. The van der Waals surface area contributed by atoms with Gasteiger partial charge in [-0.05, 0) is 44.6 Å². The Labute approximate surface area is 126 Å². The highest BCUT2D eigenvalue weighted by Gasteiger charge is 2.31. The van der Waals surface area contributed by atoms with Crippen molar-refractivity contribution >= 4 is 11.6 Å². The molecular weight excluding hydrogens is 272 g/mol. The first-order valence-electron chi connectivity index (χ1n) is 7.94. The first kappa shape index (κ1) is 14.3. The second-order valence-corrected chi connectivity index (χ2v) is 6.41. The van der Waals surface area contributed by atoms with E-state index in [0.29, 0.717) is 23.6 Å². The fourth-order valence-corrected chi connectivity index (χ4v) is 3.41. The average molecular weight is 295 g/mol. The monoisotopic (exact) mass is 294 g/mol. The molecule has 0 spiro atoms. The van der Waals surface area contributed by atoms with E-state index in [1.54, 1.807) is 0 Å². The zero-order chi connectivity index (χ0) is 13.9. The van der Waals surface area contributed by atoms with Crippen LogP contribution in [0.15, 0.2) is 6.07 Å². The van der Waals surface area contributed by atoms with Gasteiger partial charge in [0.2, 0.25) is 0 Å². The minimum absolute atomic E-state index is 0.0245. The molecule has 1 aromatic rings. The molecule has 20 heavy (non-hydrogen) atoms. The molecule has 3 nitrogen and oxygen atoms in total. The van der Waals surface area contributed by atoms with E-state index in [1.165, 1.54) is 44.9 Å². The zero-order valence-electron chi connectivity index (χ0n) is 12.1. The average Bonchev–Trinajstić information content (AvgIpc) is 3.29. The maximum Gasteiger partial charge on any atom is 0.159 e. The Morgan fingerprint density at radius 1 is 1.20 bits per heavy atom. The molecular formula is C16H23ClN2O. The highest BCUT2D eigenvalue weighted by Crippen LogP contribution is 2.41. The Kier molecular flexibility index (Phi) is 4.57. The summed E-state index contributed by atoms with van der Waals surface area (Å²) in [6, 6.07) is 1.92. The number of ether oxygens (including phenoxy) is 1. The van der Waals surface area contributed by atoms with E-state index in [4.69, 9.17) is 21.3 Å². The standard InChI is InChI=1S/C16H23ClN2O/c1-2-20-15(12-6-4-3-5-7-12)16-18-13(11-8-9-11)10-14(17)19-16/h10-12,15H,2-9H2,1H3. The lowest BCUT2D eigenvalue weighted by Gasteiger charge is -2.29. The number of aromatic nitrogens is 2. The van der Waals surface area contributed by atoms with Gasteiger partial charge in [-0.2, -0.15) is 0 Å². The number of rotatable bonds is 5. The molecule has 0 amide bonds. The molecule has 0 N–H and O–H groups in total. The molecule has 2 fully saturated rings. The summed E-state index contributed by atoms with van der Waals surface area (Å²) in [6.45, 7) is 2.75. The third-order valence-corrected chi connectivity index (χ3v) is 4.60. The van der Waals surface area contributed by atoms with Crippen molar-refractivity contribution in [3.8, 4) is 0 Å². The normalized spacial score (nSPS) is 21.9. The minimum Gasteiger partial charge on any atom is -0.370 e. The first-order valence-corrected chi connectivity index (χ1v) is 8.31. The number of hydrogen-bond donors (Lipinski definition) is 0. The van der Waals surface area contributed by atoms with Gasteiger partial charge in [0.15, 0.2) is 5.82 Å². The predicted molar refractivity (Wildman–Crippen MR) is 80.0 cm³/mol. The molecule has 3 rings (SSSR count). The Morgan fingerprint density at radius 2 is 1.95 bits per heavy atom. The van der Waals surface area contributed by atoms with E-state index in [9.17, 15) is 0 Å². The molecule has 110 valence electrons. The molecule has 1 heterocycles. The van der Waals surface area contributed by atoms with Gasteiger partial charge >= 0.3 is 0 Å². The van der Waals surface area contributed by atoms with Gasteiger partial charge in [0.05, 0.1) is 0 Å². The van der Waals surface area contributed by atoms with Crippen LogP contribution in [-0.4, -0.2) is 16.6 Å². The molecule has 0 bridgehead atoms. The van der Waals surface area contributed by atoms with E-state index in [1.807, 2.05) is 13.0 Å². The van der Waals surface area contributed by atoms with Gasteiger partial charge in [-0.3, -0.25) is 0 Å². The predicted octanol–water partition coefficient (Wildman–Crippen LogP) is 4.67. The maximum absolute atomic E-state index is 6.20. The van der Waals surface area contributed by atoms with Crippen LogP contribution in [0.5, 0.6) is 0 Å². The van der Waals surface area contributed by atoms with E-state index >= 15 is 0 Å². The lowest BCUT2D eigenvalue weighted by molar-refractivity contribution is -0.000314. The summed E-state index contributed by atoms with van der Waals surface area (Å²) in [5, 5.41) is 0.567. The maximum atomic E-state index is 6.20. The summed E-state index contributed by atoms with van der Waals surface area (Å²) in [6.07, 6.45) is 8.87. The zero-order valence-corrected chi connectivity index (χ0v) is 12.9. The van der Waals surface area contributed by atoms with Crippen LogP contribution in [0.1, 0.15) is 75.4 Å². The molecule has 2 saturated carbocycles. The number of hydrogen-bond acceptors (Lipinski definition) is 3. The number of halogens is 1. The summed E-state index contributed by atoms with van der Waals surface area (Å²) < 4.78 is 5.99. The lowest BCUT2D eigenvalue weighted by atomic mass is 9.85. The van der Waals surface area contributed by atoms with Crippen molar-refractivity contribution in [2.75, 3.05) is 6.61 Å². The van der Waals surface area contributed by atoms with Gasteiger partial charge in [0, 0.05) is 18.2 Å². The van der Waals surface area contributed by atoms with Gasteiger partial charge in [0.25, 0.3) is 0 Å².